The van der Waals surface area contributed by atoms with Crippen molar-refractivity contribution in [3.63, 3.8) is 0 Å². The standard InChI is InChI=1S/C8H10N2O5/c9-2-1-4-7(15-8(12)13)10-5(11)3-6(10)14-4/h1,6-7H,2-3,9H2,(H,12,13)/b4-1-/t6-,7-/m0/s1. The first kappa shape index (κ1) is 9.78. The van der Waals surface area contributed by atoms with Gasteiger partial charge >= 0.3 is 6.16 Å². The molecule has 7 nitrogen and oxygen atoms in total. The summed E-state index contributed by atoms with van der Waals surface area (Å²) in [5.74, 6) is 0.0995. The van der Waals surface area contributed by atoms with E-state index in [1.54, 1.807) is 0 Å². The molecule has 0 unspecified atom stereocenters. The van der Waals surface area contributed by atoms with Crippen LogP contribution in [0.15, 0.2) is 11.8 Å². The first-order valence-electron chi connectivity index (χ1n) is 4.41. The largest absolute Gasteiger partial charge is 0.508 e. The molecule has 2 saturated heterocycles. The Kier molecular flexibility index (Phi) is 2.24. The van der Waals surface area contributed by atoms with Crippen molar-refractivity contribution in [3.05, 3.63) is 11.8 Å². The average molecular weight is 214 g/mol. The van der Waals surface area contributed by atoms with Crippen LogP contribution in [0.25, 0.3) is 0 Å². The van der Waals surface area contributed by atoms with Crippen molar-refractivity contribution in [2.24, 2.45) is 5.73 Å². The number of hydrogen-bond donors (Lipinski definition) is 2. The topological polar surface area (TPSA) is 102 Å². The van der Waals surface area contributed by atoms with Gasteiger partial charge in [-0.15, -0.1) is 0 Å². The monoisotopic (exact) mass is 214 g/mol. The first-order chi connectivity index (χ1) is 7.13. The normalized spacial score (nSPS) is 30.9. The molecule has 0 radical (unpaired) electrons. The van der Waals surface area contributed by atoms with E-state index < -0.39 is 18.6 Å². The molecule has 2 fully saturated rings. The summed E-state index contributed by atoms with van der Waals surface area (Å²) in [6.07, 6.45) is -1.08. The molecule has 2 heterocycles. The van der Waals surface area contributed by atoms with Gasteiger partial charge in [0.2, 0.25) is 12.1 Å². The lowest BCUT2D eigenvalue weighted by molar-refractivity contribution is -0.164. The van der Waals surface area contributed by atoms with Crippen LogP contribution >= 0.6 is 0 Å². The van der Waals surface area contributed by atoms with Gasteiger partial charge in [0.15, 0.2) is 12.0 Å². The minimum Gasteiger partial charge on any atom is -0.468 e. The molecule has 0 aromatic carbocycles. The Morgan fingerprint density at radius 2 is 2.53 bits per heavy atom. The second-order valence-electron chi connectivity index (χ2n) is 3.16. The molecule has 0 bridgehead atoms. The number of hydrogen-bond acceptors (Lipinski definition) is 5. The highest BCUT2D eigenvalue weighted by molar-refractivity contribution is 5.84. The van der Waals surface area contributed by atoms with Crippen molar-refractivity contribution >= 4 is 12.1 Å². The Labute approximate surface area is 85.0 Å². The lowest BCUT2D eigenvalue weighted by Crippen LogP contribution is -2.53. The van der Waals surface area contributed by atoms with Crippen LogP contribution < -0.4 is 5.73 Å². The summed E-state index contributed by atoms with van der Waals surface area (Å²) >= 11 is 0. The van der Waals surface area contributed by atoms with E-state index >= 15 is 0 Å². The maximum Gasteiger partial charge on any atom is 0.508 e. The number of fused-ring (bicyclic) bond motifs is 1. The fourth-order valence-electron chi connectivity index (χ4n) is 1.61. The summed E-state index contributed by atoms with van der Waals surface area (Å²) in [5, 5.41) is 8.50. The highest BCUT2D eigenvalue weighted by Crippen LogP contribution is 2.36. The molecular formula is C8H10N2O5. The maximum atomic E-state index is 11.2. The van der Waals surface area contributed by atoms with Gasteiger partial charge in [0.1, 0.15) is 0 Å². The highest BCUT2D eigenvalue weighted by Gasteiger charge is 2.52. The van der Waals surface area contributed by atoms with Crippen molar-refractivity contribution < 1.29 is 24.2 Å². The molecule has 3 N–H and O–H groups in total. The van der Waals surface area contributed by atoms with Gasteiger partial charge in [0.05, 0.1) is 6.42 Å². The van der Waals surface area contributed by atoms with Crippen molar-refractivity contribution in [2.75, 3.05) is 6.54 Å². The number of amides is 1. The van der Waals surface area contributed by atoms with E-state index in [0.29, 0.717) is 0 Å². The van der Waals surface area contributed by atoms with Crippen LogP contribution in [-0.2, 0) is 14.3 Å². The van der Waals surface area contributed by atoms with E-state index in [4.69, 9.17) is 15.6 Å². The van der Waals surface area contributed by atoms with Crippen LogP contribution in [0, 0.1) is 0 Å². The Bertz CT molecular complexity index is 340. The molecule has 0 aromatic rings. The smallest absolute Gasteiger partial charge is 0.468 e. The molecule has 82 valence electrons. The Morgan fingerprint density at radius 3 is 3.07 bits per heavy atom. The second kappa shape index (κ2) is 3.43. The number of β-lactam (4-membered cyclic amide) rings is 1. The zero-order valence-corrected chi connectivity index (χ0v) is 7.75. The van der Waals surface area contributed by atoms with Crippen molar-refractivity contribution in [2.45, 2.75) is 18.9 Å². The first-order valence-corrected chi connectivity index (χ1v) is 4.41. The maximum absolute atomic E-state index is 11.2. The molecule has 7 heteroatoms. The predicted octanol–water partition coefficient (Wildman–Crippen LogP) is -0.562. The third kappa shape index (κ3) is 1.50. The van der Waals surface area contributed by atoms with E-state index in [1.807, 2.05) is 0 Å². The van der Waals surface area contributed by atoms with E-state index in [2.05, 4.69) is 4.74 Å². The van der Waals surface area contributed by atoms with E-state index in [-0.39, 0.29) is 24.6 Å². The van der Waals surface area contributed by atoms with Gasteiger partial charge in [-0.25, -0.2) is 4.79 Å². The lowest BCUT2D eigenvalue weighted by Gasteiger charge is -2.33. The summed E-state index contributed by atoms with van der Waals surface area (Å²) in [6.45, 7) is 0.198. The van der Waals surface area contributed by atoms with Crippen molar-refractivity contribution in [3.8, 4) is 0 Å². The summed E-state index contributed by atoms with van der Waals surface area (Å²) in [7, 11) is 0. The van der Waals surface area contributed by atoms with E-state index in [1.165, 1.54) is 11.0 Å². The Balaban J connectivity index is 2.17. The molecule has 0 spiro atoms. The quantitative estimate of drug-likeness (QED) is 0.471. The van der Waals surface area contributed by atoms with Crippen molar-refractivity contribution in [1.82, 2.24) is 4.90 Å². The number of carbonyl (C=O) groups excluding carboxylic acids is 1. The number of carbonyl (C=O) groups is 2. The average Bonchev–Trinajstić information content (AvgIpc) is 2.38. The van der Waals surface area contributed by atoms with Crippen LogP contribution in [0.1, 0.15) is 6.42 Å². The van der Waals surface area contributed by atoms with Crippen LogP contribution in [-0.4, -0.2) is 41.1 Å². The number of nitrogens with zero attached hydrogens (tertiary/aromatic N) is 1. The Morgan fingerprint density at radius 1 is 1.80 bits per heavy atom. The molecule has 0 aromatic heterocycles. The number of carboxylic acid groups (broad SMARTS) is 1. The number of rotatable bonds is 2. The van der Waals surface area contributed by atoms with Gasteiger partial charge in [0.25, 0.3) is 0 Å². The number of ether oxygens (including phenoxy) is 2. The molecule has 2 rings (SSSR count). The van der Waals surface area contributed by atoms with Gasteiger partial charge in [-0.05, 0) is 6.08 Å². The van der Waals surface area contributed by atoms with Crippen LogP contribution in [0.4, 0.5) is 4.79 Å². The third-order valence-electron chi connectivity index (χ3n) is 2.25. The summed E-state index contributed by atoms with van der Waals surface area (Å²) in [6, 6.07) is 0. The van der Waals surface area contributed by atoms with Crippen LogP contribution in [0.3, 0.4) is 0 Å². The summed E-state index contributed by atoms with van der Waals surface area (Å²) in [5.41, 5.74) is 5.28. The molecule has 0 aliphatic carbocycles. The third-order valence-corrected chi connectivity index (χ3v) is 2.25. The van der Waals surface area contributed by atoms with E-state index in [0.717, 1.165) is 0 Å². The molecular weight excluding hydrogens is 204 g/mol. The van der Waals surface area contributed by atoms with Gasteiger partial charge < -0.3 is 20.3 Å². The second-order valence-corrected chi connectivity index (χ2v) is 3.16. The van der Waals surface area contributed by atoms with Gasteiger partial charge in [-0.2, -0.15) is 0 Å². The van der Waals surface area contributed by atoms with E-state index in [9.17, 15) is 9.59 Å². The summed E-state index contributed by atoms with van der Waals surface area (Å²) < 4.78 is 9.84. The highest BCUT2D eigenvalue weighted by atomic mass is 16.7. The van der Waals surface area contributed by atoms with Crippen LogP contribution in [0.2, 0.25) is 0 Å². The minimum absolute atomic E-state index is 0.188. The molecule has 2 atom stereocenters. The molecule has 1 amide bonds. The predicted molar refractivity (Wildman–Crippen MR) is 46.4 cm³/mol. The lowest BCUT2D eigenvalue weighted by atomic mass is 10.2. The molecule has 2 aliphatic heterocycles. The Hall–Kier alpha value is -1.76. The molecule has 0 saturated carbocycles. The zero-order chi connectivity index (χ0) is 11.0. The van der Waals surface area contributed by atoms with Gasteiger partial charge in [-0.1, -0.05) is 0 Å². The SMILES string of the molecule is NC/C=C1\O[C@H]2CC(=O)N2[C@H]1OC(=O)O. The van der Waals surface area contributed by atoms with Gasteiger partial charge in [0, 0.05) is 6.54 Å². The number of nitrogens with two attached hydrogens (primary N) is 1. The fourth-order valence-corrected chi connectivity index (χ4v) is 1.61. The summed E-state index contributed by atoms with van der Waals surface area (Å²) in [4.78, 5) is 22.8. The fraction of sp³-hybridized carbons (Fsp3) is 0.500. The molecule has 2 aliphatic rings. The van der Waals surface area contributed by atoms with Gasteiger partial charge in [-0.3, -0.25) is 9.69 Å². The molecule has 15 heavy (non-hydrogen) atoms. The zero-order valence-electron chi connectivity index (χ0n) is 7.75. The minimum atomic E-state index is -1.45. The van der Waals surface area contributed by atoms with Crippen molar-refractivity contribution in [1.29, 1.82) is 0 Å². The van der Waals surface area contributed by atoms with Crippen LogP contribution in [0.5, 0.6) is 0 Å².